The molecule has 0 aliphatic carbocycles. The van der Waals surface area contributed by atoms with Crippen LogP contribution in [-0.4, -0.2) is 38.7 Å². The third-order valence-corrected chi connectivity index (χ3v) is 5.14. The summed E-state index contributed by atoms with van der Waals surface area (Å²) in [5.74, 6) is -0.155. The highest BCUT2D eigenvalue weighted by molar-refractivity contribution is 7.20. The Labute approximate surface area is 170 Å². The Morgan fingerprint density at radius 2 is 1.97 bits per heavy atom. The van der Waals surface area contributed by atoms with Crippen molar-refractivity contribution >= 4 is 39.0 Å². The number of anilines is 1. The summed E-state index contributed by atoms with van der Waals surface area (Å²) in [6, 6.07) is 16.7. The molecular formula is C20H17N5O3S. The topological polar surface area (TPSA) is 99.0 Å². The molecule has 0 aliphatic rings. The Morgan fingerprint density at radius 1 is 1.14 bits per heavy atom. The van der Waals surface area contributed by atoms with E-state index < -0.39 is 0 Å². The number of tetrazole rings is 1. The lowest BCUT2D eigenvalue weighted by Crippen LogP contribution is -2.20. The smallest absolute Gasteiger partial charge is 0.348 e. The van der Waals surface area contributed by atoms with E-state index in [1.165, 1.54) is 16.1 Å². The Kier molecular flexibility index (Phi) is 5.30. The van der Waals surface area contributed by atoms with E-state index in [9.17, 15) is 9.59 Å². The molecule has 0 spiro atoms. The lowest BCUT2D eigenvalue weighted by Gasteiger charge is -2.04. The number of hydrogen-bond donors (Lipinski definition) is 1. The van der Waals surface area contributed by atoms with Gasteiger partial charge >= 0.3 is 5.97 Å². The van der Waals surface area contributed by atoms with Gasteiger partial charge in [-0.2, -0.15) is 4.80 Å². The number of nitrogens with one attached hydrogen (secondary N) is 1. The molecule has 2 heterocycles. The van der Waals surface area contributed by atoms with E-state index in [1.807, 2.05) is 42.5 Å². The van der Waals surface area contributed by atoms with Gasteiger partial charge in [0.25, 0.3) is 0 Å². The molecule has 1 N–H and O–H groups in total. The van der Waals surface area contributed by atoms with Gasteiger partial charge in [0.1, 0.15) is 11.4 Å². The van der Waals surface area contributed by atoms with Gasteiger partial charge in [-0.25, -0.2) is 4.79 Å². The van der Waals surface area contributed by atoms with Crippen molar-refractivity contribution in [1.29, 1.82) is 0 Å². The van der Waals surface area contributed by atoms with Crippen LogP contribution in [0.5, 0.6) is 0 Å². The molecule has 0 saturated carbocycles. The van der Waals surface area contributed by atoms with Gasteiger partial charge in [-0.1, -0.05) is 30.3 Å². The van der Waals surface area contributed by atoms with Gasteiger partial charge in [0.05, 0.1) is 6.61 Å². The van der Waals surface area contributed by atoms with Crippen LogP contribution in [0.15, 0.2) is 54.6 Å². The van der Waals surface area contributed by atoms with Crippen LogP contribution in [0.3, 0.4) is 0 Å². The van der Waals surface area contributed by atoms with Crippen molar-refractivity contribution in [2.45, 2.75) is 13.5 Å². The summed E-state index contributed by atoms with van der Waals surface area (Å²) in [4.78, 5) is 26.0. The maximum atomic E-state index is 12.4. The SMILES string of the molecule is CCOC(=O)c1cc2cc(NC(=O)Cn3nnc(-c4ccccc4)n3)ccc2s1. The summed E-state index contributed by atoms with van der Waals surface area (Å²) in [5.41, 5.74) is 1.46. The first-order valence-corrected chi connectivity index (χ1v) is 9.78. The standard InChI is InChI=1S/C20H17N5O3S/c1-2-28-20(27)17-11-14-10-15(8-9-16(14)29-17)21-18(26)12-25-23-19(22-24-25)13-6-4-3-5-7-13/h3-11H,2,12H2,1H3,(H,21,26). The van der Waals surface area contributed by atoms with E-state index in [4.69, 9.17) is 4.74 Å². The van der Waals surface area contributed by atoms with Crippen molar-refractivity contribution < 1.29 is 14.3 Å². The van der Waals surface area contributed by atoms with Crippen molar-refractivity contribution in [3.05, 3.63) is 59.5 Å². The molecule has 4 rings (SSSR count). The summed E-state index contributed by atoms with van der Waals surface area (Å²) in [7, 11) is 0. The highest BCUT2D eigenvalue weighted by Crippen LogP contribution is 2.28. The van der Waals surface area contributed by atoms with Crippen LogP contribution in [0, 0.1) is 0 Å². The lowest BCUT2D eigenvalue weighted by atomic mass is 10.2. The second-order valence-electron chi connectivity index (χ2n) is 6.14. The van der Waals surface area contributed by atoms with Gasteiger partial charge in [0, 0.05) is 16.0 Å². The molecule has 0 aliphatic heterocycles. The van der Waals surface area contributed by atoms with Crippen LogP contribution < -0.4 is 5.32 Å². The number of fused-ring (bicyclic) bond motifs is 1. The van der Waals surface area contributed by atoms with Crippen molar-refractivity contribution in [2.75, 3.05) is 11.9 Å². The largest absolute Gasteiger partial charge is 0.462 e. The van der Waals surface area contributed by atoms with Gasteiger partial charge in [-0.05, 0) is 41.8 Å². The molecular weight excluding hydrogens is 390 g/mol. The summed E-state index contributed by atoms with van der Waals surface area (Å²) in [6.07, 6.45) is 0. The molecule has 0 unspecified atom stereocenters. The number of thiophene rings is 1. The lowest BCUT2D eigenvalue weighted by molar-refractivity contribution is -0.117. The number of hydrogen-bond acceptors (Lipinski definition) is 7. The molecule has 2 aromatic carbocycles. The molecule has 9 heteroatoms. The Morgan fingerprint density at radius 3 is 2.76 bits per heavy atom. The Balaban J connectivity index is 1.43. The van der Waals surface area contributed by atoms with Crippen LogP contribution in [0.25, 0.3) is 21.5 Å². The van der Waals surface area contributed by atoms with Crippen LogP contribution >= 0.6 is 11.3 Å². The van der Waals surface area contributed by atoms with Gasteiger partial charge in [-0.15, -0.1) is 21.5 Å². The number of carbonyl (C=O) groups excluding carboxylic acids is 2. The fourth-order valence-electron chi connectivity index (χ4n) is 2.77. The van der Waals surface area contributed by atoms with Crippen molar-refractivity contribution in [2.24, 2.45) is 0 Å². The van der Waals surface area contributed by atoms with Crippen molar-refractivity contribution in [3.63, 3.8) is 0 Å². The highest BCUT2D eigenvalue weighted by atomic mass is 32.1. The number of aromatic nitrogens is 4. The first-order chi connectivity index (χ1) is 14.1. The van der Waals surface area contributed by atoms with Crippen LogP contribution in [0.2, 0.25) is 0 Å². The molecule has 0 atom stereocenters. The predicted molar refractivity (Wildman–Crippen MR) is 110 cm³/mol. The summed E-state index contributed by atoms with van der Waals surface area (Å²) < 4.78 is 5.97. The van der Waals surface area contributed by atoms with Crippen molar-refractivity contribution in [3.8, 4) is 11.4 Å². The van der Waals surface area contributed by atoms with Crippen LogP contribution in [0.4, 0.5) is 5.69 Å². The maximum absolute atomic E-state index is 12.4. The molecule has 2 aromatic heterocycles. The fraction of sp³-hybridized carbons (Fsp3) is 0.150. The monoisotopic (exact) mass is 407 g/mol. The molecule has 4 aromatic rings. The molecule has 146 valence electrons. The zero-order valence-corrected chi connectivity index (χ0v) is 16.3. The highest BCUT2D eigenvalue weighted by Gasteiger charge is 2.13. The van der Waals surface area contributed by atoms with Crippen molar-refractivity contribution in [1.82, 2.24) is 20.2 Å². The number of carbonyl (C=O) groups is 2. The minimum atomic E-state index is -0.342. The Bertz CT molecular complexity index is 1170. The quantitative estimate of drug-likeness (QED) is 0.492. The van der Waals surface area contributed by atoms with E-state index >= 15 is 0 Å². The third-order valence-electron chi connectivity index (χ3n) is 4.05. The first-order valence-electron chi connectivity index (χ1n) is 8.96. The zero-order valence-electron chi connectivity index (χ0n) is 15.5. The molecule has 0 saturated heterocycles. The molecule has 1 amide bonds. The van der Waals surface area contributed by atoms with Gasteiger partial charge in [0.2, 0.25) is 11.7 Å². The average molecular weight is 407 g/mol. The maximum Gasteiger partial charge on any atom is 0.348 e. The molecule has 29 heavy (non-hydrogen) atoms. The molecule has 0 radical (unpaired) electrons. The normalized spacial score (nSPS) is 10.8. The third kappa shape index (κ3) is 4.30. The minimum absolute atomic E-state index is 0.0599. The van der Waals surface area contributed by atoms with E-state index in [-0.39, 0.29) is 18.4 Å². The second kappa shape index (κ2) is 8.19. The number of benzene rings is 2. The molecule has 8 nitrogen and oxygen atoms in total. The van der Waals surface area contributed by atoms with E-state index in [0.29, 0.717) is 23.0 Å². The van der Waals surface area contributed by atoms with E-state index in [0.717, 1.165) is 15.6 Å². The van der Waals surface area contributed by atoms with Crippen LogP contribution in [0.1, 0.15) is 16.6 Å². The summed E-state index contributed by atoms with van der Waals surface area (Å²) in [5, 5.41) is 15.8. The van der Waals surface area contributed by atoms with Gasteiger partial charge in [-0.3, -0.25) is 4.79 Å². The molecule has 0 fully saturated rings. The van der Waals surface area contributed by atoms with Crippen LogP contribution in [-0.2, 0) is 16.1 Å². The fourth-order valence-corrected chi connectivity index (χ4v) is 3.70. The predicted octanol–water partition coefficient (Wildman–Crippen LogP) is 3.37. The second-order valence-corrected chi connectivity index (χ2v) is 7.23. The van der Waals surface area contributed by atoms with Gasteiger partial charge in [0.15, 0.2) is 0 Å². The van der Waals surface area contributed by atoms with E-state index in [1.54, 1.807) is 19.1 Å². The summed E-state index contributed by atoms with van der Waals surface area (Å²) in [6.45, 7) is 2.04. The number of ether oxygens (including phenoxy) is 1. The zero-order chi connectivity index (χ0) is 20.2. The number of esters is 1. The number of nitrogens with zero attached hydrogens (tertiary/aromatic N) is 4. The minimum Gasteiger partial charge on any atom is -0.462 e. The van der Waals surface area contributed by atoms with E-state index in [2.05, 4.69) is 20.7 Å². The first kappa shape index (κ1) is 18.8. The molecule has 0 bridgehead atoms. The average Bonchev–Trinajstić information content (AvgIpc) is 3.35. The Hall–Kier alpha value is -3.59. The number of rotatable bonds is 6. The van der Waals surface area contributed by atoms with Gasteiger partial charge < -0.3 is 10.1 Å². The number of amides is 1. The summed E-state index contributed by atoms with van der Waals surface area (Å²) >= 11 is 1.36.